The fourth-order valence-corrected chi connectivity index (χ4v) is 7.06. The summed E-state index contributed by atoms with van der Waals surface area (Å²) in [6, 6.07) is 29.2. The van der Waals surface area contributed by atoms with Crippen molar-refractivity contribution in [2.24, 2.45) is 0 Å². The van der Waals surface area contributed by atoms with Gasteiger partial charge in [-0.1, -0.05) is 56.5 Å². The average molecular weight is 601 g/mol. The molecule has 36 heavy (non-hydrogen) atoms. The highest BCUT2D eigenvalue weighted by Gasteiger charge is 2.30. The third-order valence-electron chi connectivity index (χ3n) is 8.17. The summed E-state index contributed by atoms with van der Waals surface area (Å²) in [5.41, 5.74) is 12.2. The van der Waals surface area contributed by atoms with Crippen LogP contribution in [0.2, 0.25) is 0 Å². The molecule has 3 aliphatic carbocycles. The Hall–Kier alpha value is -2.36. The summed E-state index contributed by atoms with van der Waals surface area (Å²) < 4.78 is 2.17. The lowest BCUT2D eigenvalue weighted by Gasteiger charge is -2.29. The van der Waals surface area contributed by atoms with Crippen LogP contribution in [0, 0.1) is 13.8 Å². The second-order valence-corrected chi connectivity index (χ2v) is 12.3. The molecule has 1 fully saturated rings. The van der Waals surface area contributed by atoms with Gasteiger partial charge < -0.3 is 4.90 Å². The number of anilines is 3. The number of hydrogen-bond donors (Lipinski definition) is 0. The Morgan fingerprint density at radius 2 is 1.11 bits per heavy atom. The van der Waals surface area contributed by atoms with Crippen molar-refractivity contribution in [2.45, 2.75) is 57.8 Å². The molecular weight excluding hydrogens is 570 g/mol. The summed E-state index contributed by atoms with van der Waals surface area (Å²) >= 11 is 7.19. The summed E-state index contributed by atoms with van der Waals surface area (Å²) in [5.74, 6) is 1.53. The van der Waals surface area contributed by atoms with Crippen LogP contribution >= 0.6 is 31.9 Å². The van der Waals surface area contributed by atoms with E-state index in [2.05, 4.69) is 129 Å². The number of fused-ring (bicyclic) bond motifs is 3. The number of halogens is 2. The Balaban J connectivity index is 1.44. The summed E-state index contributed by atoms with van der Waals surface area (Å²) in [6.07, 6.45) is 6.86. The molecular formula is C33H31Br2N. The molecule has 0 spiro atoms. The normalized spacial score (nSPS) is 18.6. The number of hydrogen-bond acceptors (Lipinski definition) is 1. The molecule has 2 bridgehead atoms. The summed E-state index contributed by atoms with van der Waals surface area (Å²) in [5, 5.41) is 0. The Kier molecular flexibility index (Phi) is 6.56. The smallest absolute Gasteiger partial charge is 0.0467 e. The lowest BCUT2D eigenvalue weighted by Crippen LogP contribution is -2.11. The fourth-order valence-electron chi connectivity index (χ4n) is 6.53. The molecule has 0 saturated heterocycles. The maximum Gasteiger partial charge on any atom is 0.0467 e. The second kappa shape index (κ2) is 9.84. The van der Waals surface area contributed by atoms with Gasteiger partial charge in [-0.2, -0.15) is 0 Å². The van der Waals surface area contributed by atoms with Gasteiger partial charge in [0.2, 0.25) is 0 Å². The maximum absolute atomic E-state index is 3.59. The first-order chi connectivity index (χ1) is 17.5. The van der Waals surface area contributed by atoms with Gasteiger partial charge in [0, 0.05) is 26.0 Å². The van der Waals surface area contributed by atoms with E-state index in [0.717, 1.165) is 32.2 Å². The number of aryl methyl sites for hydroxylation is 2. The Bertz CT molecular complexity index is 1330. The van der Waals surface area contributed by atoms with Crippen molar-refractivity contribution in [3.05, 3.63) is 110 Å². The zero-order valence-electron chi connectivity index (χ0n) is 20.9. The number of benzene rings is 4. The van der Waals surface area contributed by atoms with Crippen molar-refractivity contribution in [3.8, 4) is 11.1 Å². The van der Waals surface area contributed by atoms with E-state index in [-0.39, 0.29) is 0 Å². The molecule has 0 N–H and O–H groups in total. The van der Waals surface area contributed by atoms with Crippen LogP contribution in [0.4, 0.5) is 17.1 Å². The van der Waals surface area contributed by atoms with Crippen LogP contribution in [0.3, 0.4) is 0 Å². The minimum atomic E-state index is 0.754. The molecule has 4 aromatic rings. The van der Waals surface area contributed by atoms with Gasteiger partial charge in [-0.25, -0.2) is 0 Å². The first-order valence-corrected chi connectivity index (χ1v) is 14.6. The van der Waals surface area contributed by atoms with Crippen molar-refractivity contribution in [1.29, 1.82) is 0 Å². The largest absolute Gasteiger partial charge is 0.310 e. The minimum Gasteiger partial charge on any atom is -0.310 e. The van der Waals surface area contributed by atoms with Gasteiger partial charge in [0.25, 0.3) is 0 Å². The van der Waals surface area contributed by atoms with E-state index in [9.17, 15) is 0 Å². The number of rotatable bonds is 4. The second-order valence-electron chi connectivity index (χ2n) is 10.5. The highest BCUT2D eigenvalue weighted by atomic mass is 79.9. The van der Waals surface area contributed by atoms with Gasteiger partial charge in [-0.15, -0.1) is 0 Å². The average Bonchev–Trinajstić information content (AvgIpc) is 3.21. The molecule has 3 heteroatoms. The third kappa shape index (κ3) is 4.46. The minimum absolute atomic E-state index is 0.754. The van der Waals surface area contributed by atoms with Crippen molar-refractivity contribution in [2.75, 3.05) is 4.90 Å². The van der Waals surface area contributed by atoms with E-state index in [1.54, 1.807) is 11.1 Å². The molecule has 0 aliphatic heterocycles. The highest BCUT2D eigenvalue weighted by molar-refractivity contribution is 9.10. The van der Waals surface area contributed by atoms with E-state index >= 15 is 0 Å². The van der Waals surface area contributed by atoms with Crippen LogP contribution in [-0.4, -0.2) is 0 Å². The van der Waals surface area contributed by atoms with Crippen LogP contribution < -0.4 is 4.90 Å². The topological polar surface area (TPSA) is 3.24 Å². The molecule has 0 radical (unpaired) electrons. The van der Waals surface area contributed by atoms with Crippen molar-refractivity contribution < 1.29 is 0 Å². The van der Waals surface area contributed by atoms with Crippen LogP contribution in [0.25, 0.3) is 11.1 Å². The molecule has 0 aromatic heterocycles. The van der Waals surface area contributed by atoms with Gasteiger partial charge >= 0.3 is 0 Å². The van der Waals surface area contributed by atoms with Crippen LogP contribution in [0.1, 0.15) is 66.2 Å². The molecule has 1 nitrogen and oxygen atoms in total. The molecule has 2 unspecified atom stereocenters. The molecule has 7 rings (SSSR count). The molecule has 0 heterocycles. The van der Waals surface area contributed by atoms with E-state index in [4.69, 9.17) is 0 Å². The van der Waals surface area contributed by atoms with E-state index in [1.165, 1.54) is 60.0 Å². The van der Waals surface area contributed by atoms with Gasteiger partial charge in [-0.05, 0) is 145 Å². The molecule has 182 valence electrons. The van der Waals surface area contributed by atoms with Gasteiger partial charge in [0.15, 0.2) is 0 Å². The number of nitrogens with zero attached hydrogens (tertiary/aromatic N) is 1. The Morgan fingerprint density at radius 1 is 0.583 bits per heavy atom. The van der Waals surface area contributed by atoms with Crippen LogP contribution in [0.5, 0.6) is 0 Å². The Labute approximate surface area is 231 Å². The predicted octanol–water partition coefficient (Wildman–Crippen LogP) is 11.1. The Morgan fingerprint density at radius 3 is 1.67 bits per heavy atom. The zero-order valence-corrected chi connectivity index (χ0v) is 24.1. The monoisotopic (exact) mass is 599 g/mol. The van der Waals surface area contributed by atoms with Gasteiger partial charge in [0.1, 0.15) is 0 Å². The van der Waals surface area contributed by atoms with Gasteiger partial charge in [0.05, 0.1) is 0 Å². The summed E-state index contributed by atoms with van der Waals surface area (Å²) in [4.78, 5) is 2.35. The molecule has 4 aromatic carbocycles. The van der Waals surface area contributed by atoms with Crippen LogP contribution in [-0.2, 0) is 0 Å². The fraction of sp³-hybridized carbons (Fsp3) is 0.273. The zero-order chi connectivity index (χ0) is 24.8. The molecule has 1 saturated carbocycles. The lowest BCUT2D eigenvalue weighted by atomic mass is 9.77. The summed E-state index contributed by atoms with van der Waals surface area (Å²) in [6.45, 7) is 4.54. The molecule has 3 aliphatic rings. The summed E-state index contributed by atoms with van der Waals surface area (Å²) in [7, 11) is 0. The van der Waals surface area contributed by atoms with Gasteiger partial charge in [-0.3, -0.25) is 0 Å². The predicted molar refractivity (Wildman–Crippen MR) is 160 cm³/mol. The quantitative estimate of drug-likeness (QED) is 0.225. The molecule has 0 amide bonds. The van der Waals surface area contributed by atoms with Crippen molar-refractivity contribution in [1.82, 2.24) is 0 Å². The van der Waals surface area contributed by atoms with E-state index in [1.807, 2.05) is 0 Å². The lowest BCUT2D eigenvalue weighted by molar-refractivity contribution is 0.527. The standard InChI is InChI=1S/C33H31Br2N/c1-21-18-30(36(28-13-9-26(34)10-14-28)29-15-11-27(35)12-16-29)19-22(2)33(21)25-8-17-31-23-4-3-5-24(7-6-23)32(31)20-25/h8-20,23-24H,3-7H2,1-2H3. The van der Waals surface area contributed by atoms with E-state index < -0.39 is 0 Å². The highest BCUT2D eigenvalue weighted by Crippen LogP contribution is 2.48. The maximum atomic E-state index is 3.59. The SMILES string of the molecule is Cc1cc(N(c2ccc(Br)cc2)c2ccc(Br)cc2)cc(C)c1-c1ccc2c(c1)C1CCCC2CC1. The van der Waals surface area contributed by atoms with Crippen molar-refractivity contribution in [3.63, 3.8) is 0 Å². The first kappa shape index (κ1) is 24.0. The van der Waals surface area contributed by atoms with Crippen LogP contribution in [0.15, 0.2) is 87.8 Å². The molecule has 2 atom stereocenters. The first-order valence-electron chi connectivity index (χ1n) is 13.0. The van der Waals surface area contributed by atoms with Crippen molar-refractivity contribution >= 4 is 48.9 Å². The van der Waals surface area contributed by atoms with E-state index in [0.29, 0.717) is 0 Å². The third-order valence-corrected chi connectivity index (χ3v) is 9.23.